The smallest absolute Gasteiger partial charge is 0.242 e. The number of halogens is 1. The Kier molecular flexibility index (Phi) is 4.63. The molecule has 20 heavy (non-hydrogen) atoms. The van der Waals surface area contributed by atoms with Gasteiger partial charge in [-0.2, -0.15) is 4.98 Å². The highest BCUT2D eigenvalue weighted by Crippen LogP contribution is 2.31. The maximum atomic E-state index is 6.07. The molecule has 0 radical (unpaired) electrons. The molecule has 0 unspecified atom stereocenters. The van der Waals surface area contributed by atoms with Gasteiger partial charge in [-0.3, -0.25) is 0 Å². The van der Waals surface area contributed by atoms with Crippen molar-refractivity contribution in [1.82, 2.24) is 9.97 Å². The van der Waals surface area contributed by atoms with Gasteiger partial charge >= 0.3 is 0 Å². The second-order valence-electron chi connectivity index (χ2n) is 4.36. The van der Waals surface area contributed by atoms with Gasteiger partial charge in [0.15, 0.2) is 0 Å². The lowest BCUT2D eigenvalue weighted by Crippen LogP contribution is -2.07. The number of aromatic nitrogens is 2. The SMILES string of the molecule is CCCCOc1nc(N)nc(-c2ccc(Cl)cc2)c1N. The molecule has 0 amide bonds. The number of nitrogen functional groups attached to an aromatic ring is 2. The van der Waals surface area contributed by atoms with Gasteiger partial charge in [0.2, 0.25) is 11.8 Å². The van der Waals surface area contributed by atoms with E-state index < -0.39 is 0 Å². The van der Waals surface area contributed by atoms with E-state index in [1.54, 1.807) is 12.1 Å². The van der Waals surface area contributed by atoms with E-state index in [4.69, 9.17) is 27.8 Å². The van der Waals surface area contributed by atoms with Crippen LogP contribution in [0.15, 0.2) is 24.3 Å². The van der Waals surface area contributed by atoms with Crippen LogP contribution in [0, 0.1) is 0 Å². The van der Waals surface area contributed by atoms with Crippen LogP contribution in [0.4, 0.5) is 11.6 Å². The van der Waals surface area contributed by atoms with Crippen molar-refractivity contribution in [2.45, 2.75) is 19.8 Å². The van der Waals surface area contributed by atoms with Crippen LogP contribution in [-0.2, 0) is 0 Å². The molecule has 4 N–H and O–H groups in total. The van der Waals surface area contributed by atoms with Crippen molar-refractivity contribution >= 4 is 23.2 Å². The van der Waals surface area contributed by atoms with Crippen LogP contribution in [0.1, 0.15) is 19.8 Å². The molecule has 0 spiro atoms. The van der Waals surface area contributed by atoms with E-state index in [2.05, 4.69) is 16.9 Å². The second kappa shape index (κ2) is 6.43. The highest BCUT2D eigenvalue weighted by molar-refractivity contribution is 6.30. The van der Waals surface area contributed by atoms with Crippen LogP contribution >= 0.6 is 11.6 Å². The van der Waals surface area contributed by atoms with Crippen LogP contribution in [-0.4, -0.2) is 16.6 Å². The minimum absolute atomic E-state index is 0.135. The number of nitrogens with zero attached hydrogens (tertiary/aromatic N) is 2. The molecule has 0 atom stereocenters. The molecule has 2 rings (SSSR count). The first-order chi connectivity index (χ1) is 9.61. The molecular formula is C14H17ClN4O. The molecule has 5 nitrogen and oxygen atoms in total. The molecular weight excluding hydrogens is 276 g/mol. The number of anilines is 2. The fourth-order valence-electron chi connectivity index (χ4n) is 1.72. The Hall–Kier alpha value is -2.01. The molecule has 0 aliphatic carbocycles. The third-order valence-corrected chi connectivity index (χ3v) is 3.03. The van der Waals surface area contributed by atoms with E-state index in [0.29, 0.717) is 28.9 Å². The third-order valence-electron chi connectivity index (χ3n) is 2.78. The summed E-state index contributed by atoms with van der Waals surface area (Å²) in [5.74, 6) is 0.464. The molecule has 1 aromatic heterocycles. The molecule has 1 aromatic carbocycles. The van der Waals surface area contributed by atoms with Crippen molar-refractivity contribution in [3.05, 3.63) is 29.3 Å². The summed E-state index contributed by atoms with van der Waals surface area (Å²) in [6, 6.07) is 7.20. The van der Waals surface area contributed by atoms with E-state index in [9.17, 15) is 0 Å². The van der Waals surface area contributed by atoms with E-state index in [1.165, 1.54) is 0 Å². The normalized spacial score (nSPS) is 10.5. The summed E-state index contributed by atoms with van der Waals surface area (Å²) in [6.07, 6.45) is 1.96. The Bertz CT molecular complexity index is 586. The molecule has 106 valence electrons. The maximum Gasteiger partial charge on any atom is 0.242 e. The molecule has 0 saturated carbocycles. The van der Waals surface area contributed by atoms with Gasteiger partial charge in [0.1, 0.15) is 11.4 Å². The van der Waals surface area contributed by atoms with Crippen LogP contribution in [0.3, 0.4) is 0 Å². The summed E-state index contributed by atoms with van der Waals surface area (Å²) in [4.78, 5) is 8.22. The zero-order valence-electron chi connectivity index (χ0n) is 11.3. The average Bonchev–Trinajstić information content (AvgIpc) is 2.43. The monoisotopic (exact) mass is 292 g/mol. The van der Waals surface area contributed by atoms with Gasteiger partial charge in [-0.1, -0.05) is 37.1 Å². The lowest BCUT2D eigenvalue weighted by molar-refractivity contribution is 0.299. The summed E-state index contributed by atoms with van der Waals surface area (Å²) in [5, 5.41) is 0.647. The first-order valence-electron chi connectivity index (χ1n) is 6.43. The zero-order valence-corrected chi connectivity index (χ0v) is 12.0. The Balaban J connectivity index is 2.35. The lowest BCUT2D eigenvalue weighted by atomic mass is 10.1. The molecule has 2 aromatic rings. The molecule has 6 heteroatoms. The Morgan fingerprint density at radius 2 is 1.85 bits per heavy atom. The summed E-state index contributed by atoms with van der Waals surface area (Å²) in [7, 11) is 0. The average molecular weight is 293 g/mol. The van der Waals surface area contributed by atoms with Gasteiger partial charge in [-0.25, -0.2) is 4.98 Å². The third kappa shape index (κ3) is 3.30. The van der Waals surface area contributed by atoms with Crippen molar-refractivity contribution < 1.29 is 4.74 Å². The first kappa shape index (κ1) is 14.4. The first-order valence-corrected chi connectivity index (χ1v) is 6.81. The molecule has 0 bridgehead atoms. The predicted octanol–water partition coefficient (Wildman–Crippen LogP) is 3.14. The summed E-state index contributed by atoms with van der Waals surface area (Å²) in [5.41, 5.74) is 13.5. The number of hydrogen-bond donors (Lipinski definition) is 2. The van der Waals surface area contributed by atoms with E-state index in [1.807, 2.05) is 12.1 Å². The number of ether oxygens (including phenoxy) is 1. The second-order valence-corrected chi connectivity index (χ2v) is 4.79. The minimum Gasteiger partial charge on any atom is -0.476 e. The molecule has 1 heterocycles. The Morgan fingerprint density at radius 3 is 2.50 bits per heavy atom. The Morgan fingerprint density at radius 1 is 1.15 bits per heavy atom. The standard InChI is InChI=1S/C14H17ClN4O/c1-2-3-8-20-13-11(16)12(18-14(17)19-13)9-4-6-10(15)7-5-9/h4-7H,2-3,8,16H2,1H3,(H2,17,18,19). The van der Waals surface area contributed by atoms with Crippen molar-refractivity contribution in [2.24, 2.45) is 0 Å². The van der Waals surface area contributed by atoms with Gasteiger partial charge in [-0.15, -0.1) is 0 Å². The maximum absolute atomic E-state index is 6.07. The van der Waals surface area contributed by atoms with Gasteiger partial charge in [0.25, 0.3) is 0 Å². The van der Waals surface area contributed by atoms with E-state index in [-0.39, 0.29) is 5.95 Å². The van der Waals surface area contributed by atoms with Crippen LogP contribution in [0.5, 0.6) is 5.88 Å². The molecule has 0 fully saturated rings. The van der Waals surface area contributed by atoms with Gasteiger partial charge in [-0.05, 0) is 18.6 Å². The fourth-order valence-corrected chi connectivity index (χ4v) is 1.84. The van der Waals surface area contributed by atoms with Gasteiger partial charge in [0.05, 0.1) is 6.61 Å². The quantitative estimate of drug-likeness (QED) is 0.827. The number of unbranched alkanes of at least 4 members (excludes halogenated alkanes) is 1. The number of benzene rings is 1. The number of hydrogen-bond acceptors (Lipinski definition) is 5. The summed E-state index contributed by atoms with van der Waals surface area (Å²) < 4.78 is 5.56. The zero-order chi connectivity index (χ0) is 14.5. The number of rotatable bonds is 5. The highest BCUT2D eigenvalue weighted by Gasteiger charge is 2.13. The van der Waals surface area contributed by atoms with Crippen molar-refractivity contribution in [3.8, 4) is 17.1 Å². The largest absolute Gasteiger partial charge is 0.476 e. The molecule has 0 saturated heterocycles. The topological polar surface area (TPSA) is 87.0 Å². The number of nitrogens with two attached hydrogens (primary N) is 2. The van der Waals surface area contributed by atoms with Crippen molar-refractivity contribution in [1.29, 1.82) is 0 Å². The van der Waals surface area contributed by atoms with Crippen LogP contribution < -0.4 is 16.2 Å². The summed E-state index contributed by atoms with van der Waals surface area (Å²) in [6.45, 7) is 2.64. The van der Waals surface area contributed by atoms with Crippen molar-refractivity contribution in [3.63, 3.8) is 0 Å². The molecule has 0 aliphatic rings. The Labute approximate surface area is 122 Å². The van der Waals surface area contributed by atoms with Crippen LogP contribution in [0.2, 0.25) is 5.02 Å². The van der Waals surface area contributed by atoms with E-state index >= 15 is 0 Å². The fraction of sp³-hybridized carbons (Fsp3) is 0.286. The van der Waals surface area contributed by atoms with Gasteiger partial charge < -0.3 is 16.2 Å². The minimum atomic E-state index is 0.135. The predicted molar refractivity (Wildman–Crippen MR) is 81.7 cm³/mol. The van der Waals surface area contributed by atoms with Gasteiger partial charge in [0, 0.05) is 10.6 Å². The molecule has 0 aliphatic heterocycles. The van der Waals surface area contributed by atoms with E-state index in [0.717, 1.165) is 18.4 Å². The van der Waals surface area contributed by atoms with Crippen LogP contribution in [0.25, 0.3) is 11.3 Å². The van der Waals surface area contributed by atoms with Crippen molar-refractivity contribution in [2.75, 3.05) is 18.1 Å². The lowest BCUT2D eigenvalue weighted by Gasteiger charge is -2.11. The summed E-state index contributed by atoms with van der Waals surface area (Å²) >= 11 is 5.87. The highest BCUT2D eigenvalue weighted by atomic mass is 35.5.